The number of nitrogens with zero attached hydrogens (tertiary/aromatic N) is 6. The highest BCUT2D eigenvalue weighted by molar-refractivity contribution is 5.74. The Labute approximate surface area is 162 Å². The van der Waals surface area contributed by atoms with Gasteiger partial charge in [0.15, 0.2) is 11.5 Å². The Kier molecular flexibility index (Phi) is 4.17. The first-order valence-corrected chi connectivity index (χ1v) is 9.42. The van der Waals surface area contributed by atoms with Gasteiger partial charge in [-0.1, -0.05) is 0 Å². The van der Waals surface area contributed by atoms with Crippen molar-refractivity contribution in [3.8, 4) is 11.3 Å². The quantitative estimate of drug-likeness (QED) is 0.571. The fourth-order valence-electron chi connectivity index (χ4n) is 3.59. The van der Waals surface area contributed by atoms with Crippen LogP contribution >= 0.6 is 0 Å². The molecule has 0 saturated carbocycles. The van der Waals surface area contributed by atoms with Crippen LogP contribution in [-0.2, 0) is 7.05 Å². The summed E-state index contributed by atoms with van der Waals surface area (Å²) in [6.45, 7) is 4.15. The second kappa shape index (κ2) is 6.97. The lowest BCUT2D eigenvalue weighted by Gasteiger charge is -2.29. The molecule has 1 saturated heterocycles. The Bertz CT molecular complexity index is 1090. The van der Waals surface area contributed by atoms with Gasteiger partial charge in [-0.15, -0.1) is 0 Å². The molecule has 1 aromatic carbocycles. The van der Waals surface area contributed by atoms with Crippen molar-refractivity contribution < 1.29 is 0 Å². The minimum absolute atomic E-state index is 0.729. The number of fused-ring (bicyclic) bond motifs is 1. The summed E-state index contributed by atoms with van der Waals surface area (Å²) < 4.78 is 3.82. The molecular formula is C20H22N8. The lowest BCUT2D eigenvalue weighted by molar-refractivity contribution is 0.589. The van der Waals surface area contributed by atoms with Gasteiger partial charge >= 0.3 is 0 Å². The number of rotatable bonds is 4. The molecule has 5 rings (SSSR count). The lowest BCUT2D eigenvalue weighted by atomic mass is 10.2. The number of hydrogen-bond donors (Lipinski definition) is 2. The van der Waals surface area contributed by atoms with E-state index in [1.807, 2.05) is 36.2 Å². The smallest absolute Gasteiger partial charge is 0.180 e. The number of benzene rings is 1. The average Bonchev–Trinajstić information content (AvgIpc) is 3.36. The summed E-state index contributed by atoms with van der Waals surface area (Å²) in [6.07, 6.45) is 9.37. The maximum absolute atomic E-state index is 4.58. The first-order valence-electron chi connectivity index (χ1n) is 9.42. The van der Waals surface area contributed by atoms with Gasteiger partial charge < -0.3 is 15.5 Å². The third-order valence-electron chi connectivity index (χ3n) is 5.04. The zero-order valence-electron chi connectivity index (χ0n) is 15.7. The van der Waals surface area contributed by atoms with E-state index in [9.17, 15) is 0 Å². The van der Waals surface area contributed by atoms with E-state index in [1.54, 1.807) is 10.9 Å². The zero-order valence-corrected chi connectivity index (χ0v) is 15.7. The van der Waals surface area contributed by atoms with E-state index >= 15 is 0 Å². The first kappa shape index (κ1) is 16.8. The van der Waals surface area contributed by atoms with Crippen molar-refractivity contribution in [1.29, 1.82) is 0 Å². The number of aryl methyl sites for hydroxylation is 1. The van der Waals surface area contributed by atoms with Crippen LogP contribution in [0.4, 0.5) is 17.2 Å². The lowest BCUT2D eigenvalue weighted by Crippen LogP contribution is -2.43. The molecule has 142 valence electrons. The van der Waals surface area contributed by atoms with Gasteiger partial charge in [-0.2, -0.15) is 5.10 Å². The highest BCUT2D eigenvalue weighted by Gasteiger charge is 2.13. The van der Waals surface area contributed by atoms with Crippen LogP contribution in [0.3, 0.4) is 0 Å². The summed E-state index contributed by atoms with van der Waals surface area (Å²) in [7, 11) is 1.91. The molecule has 28 heavy (non-hydrogen) atoms. The van der Waals surface area contributed by atoms with Crippen molar-refractivity contribution >= 4 is 22.8 Å². The molecular weight excluding hydrogens is 352 g/mol. The fraction of sp³-hybridized carbons (Fsp3) is 0.250. The van der Waals surface area contributed by atoms with E-state index in [0.717, 1.165) is 54.6 Å². The standard InChI is InChI=1S/C20H22N8/c1-26-14-15(12-24-26)18-13-23-20-19(22-8-11-28(18)20)25-16-2-4-17(5-3-16)27-9-6-21-7-10-27/h2-5,8,11-14,21H,6-7,9-10H2,1H3,(H,22,25). The highest BCUT2D eigenvalue weighted by atomic mass is 15.2. The number of aromatic nitrogens is 5. The maximum atomic E-state index is 4.58. The summed E-state index contributed by atoms with van der Waals surface area (Å²) in [4.78, 5) is 11.5. The predicted molar refractivity (Wildman–Crippen MR) is 110 cm³/mol. The predicted octanol–water partition coefficient (Wildman–Crippen LogP) is 2.28. The molecule has 4 heterocycles. The number of nitrogens with one attached hydrogen (secondary N) is 2. The van der Waals surface area contributed by atoms with Crippen LogP contribution in [0.5, 0.6) is 0 Å². The number of anilines is 3. The largest absolute Gasteiger partial charge is 0.369 e. The van der Waals surface area contributed by atoms with Gasteiger partial charge in [-0.3, -0.25) is 9.08 Å². The normalized spacial score (nSPS) is 14.5. The van der Waals surface area contributed by atoms with E-state index in [2.05, 4.69) is 54.9 Å². The number of piperazine rings is 1. The minimum atomic E-state index is 0.729. The minimum Gasteiger partial charge on any atom is -0.369 e. The molecule has 1 aliphatic heterocycles. The van der Waals surface area contributed by atoms with E-state index < -0.39 is 0 Å². The van der Waals surface area contributed by atoms with Crippen molar-refractivity contribution in [2.24, 2.45) is 7.05 Å². The van der Waals surface area contributed by atoms with E-state index in [4.69, 9.17) is 0 Å². The van der Waals surface area contributed by atoms with Gasteiger partial charge in [0.1, 0.15) is 0 Å². The summed E-state index contributed by atoms with van der Waals surface area (Å²) in [5, 5.41) is 11.0. The summed E-state index contributed by atoms with van der Waals surface area (Å²) in [5.74, 6) is 0.729. The Hall–Kier alpha value is -3.39. The zero-order chi connectivity index (χ0) is 18.9. The van der Waals surface area contributed by atoms with Crippen molar-refractivity contribution in [3.63, 3.8) is 0 Å². The molecule has 8 heteroatoms. The summed E-state index contributed by atoms with van der Waals surface area (Å²) >= 11 is 0. The molecule has 8 nitrogen and oxygen atoms in total. The van der Waals surface area contributed by atoms with Crippen LogP contribution in [0.25, 0.3) is 16.9 Å². The van der Waals surface area contributed by atoms with E-state index in [1.165, 1.54) is 5.69 Å². The second-order valence-corrected chi connectivity index (χ2v) is 6.92. The molecule has 2 N–H and O–H groups in total. The summed E-state index contributed by atoms with van der Waals surface area (Å²) in [6, 6.07) is 8.49. The van der Waals surface area contributed by atoms with Gasteiger partial charge in [0, 0.05) is 68.8 Å². The second-order valence-electron chi connectivity index (χ2n) is 6.92. The topological polar surface area (TPSA) is 75.3 Å². The first-order chi connectivity index (χ1) is 13.8. The number of hydrogen-bond acceptors (Lipinski definition) is 6. The van der Waals surface area contributed by atoms with Crippen LogP contribution in [0.1, 0.15) is 0 Å². The van der Waals surface area contributed by atoms with Crippen molar-refractivity contribution in [2.75, 3.05) is 36.4 Å². The van der Waals surface area contributed by atoms with Gasteiger partial charge in [-0.25, -0.2) is 9.97 Å². The number of imidazole rings is 1. The van der Waals surface area contributed by atoms with Crippen molar-refractivity contribution in [1.82, 2.24) is 29.5 Å². The molecule has 0 amide bonds. The Morgan fingerprint density at radius 2 is 1.86 bits per heavy atom. The maximum Gasteiger partial charge on any atom is 0.180 e. The molecule has 0 bridgehead atoms. The van der Waals surface area contributed by atoms with Crippen molar-refractivity contribution in [2.45, 2.75) is 0 Å². The van der Waals surface area contributed by atoms with Crippen LogP contribution in [0, 0.1) is 0 Å². The molecule has 1 aliphatic rings. The van der Waals surface area contributed by atoms with Gasteiger partial charge in [-0.05, 0) is 24.3 Å². The van der Waals surface area contributed by atoms with Gasteiger partial charge in [0.05, 0.1) is 18.1 Å². The fourth-order valence-corrected chi connectivity index (χ4v) is 3.59. The Morgan fingerprint density at radius 1 is 1.04 bits per heavy atom. The molecule has 0 atom stereocenters. The van der Waals surface area contributed by atoms with Gasteiger partial charge in [0.25, 0.3) is 0 Å². The molecule has 0 spiro atoms. The third kappa shape index (κ3) is 3.07. The monoisotopic (exact) mass is 374 g/mol. The SMILES string of the molecule is Cn1cc(-c2cnc3c(Nc4ccc(N5CCNCC5)cc4)nccn23)cn1. The molecule has 1 fully saturated rings. The van der Waals surface area contributed by atoms with Crippen LogP contribution in [0.2, 0.25) is 0 Å². The molecule has 0 radical (unpaired) electrons. The summed E-state index contributed by atoms with van der Waals surface area (Å²) in [5.41, 5.74) is 5.03. The highest BCUT2D eigenvalue weighted by Crippen LogP contribution is 2.26. The van der Waals surface area contributed by atoms with Crippen molar-refractivity contribution in [3.05, 3.63) is 55.2 Å². The molecule has 0 aliphatic carbocycles. The van der Waals surface area contributed by atoms with Crippen LogP contribution < -0.4 is 15.5 Å². The van der Waals surface area contributed by atoms with E-state index in [-0.39, 0.29) is 0 Å². The average molecular weight is 374 g/mol. The van der Waals surface area contributed by atoms with E-state index in [0.29, 0.717) is 0 Å². The van der Waals surface area contributed by atoms with Gasteiger partial charge in [0.2, 0.25) is 0 Å². The molecule has 3 aromatic heterocycles. The molecule has 4 aromatic rings. The van der Waals surface area contributed by atoms with Crippen LogP contribution in [-0.4, -0.2) is 50.3 Å². The Morgan fingerprint density at radius 3 is 2.61 bits per heavy atom. The molecule has 0 unspecified atom stereocenters. The third-order valence-corrected chi connectivity index (χ3v) is 5.04. The Balaban J connectivity index is 1.41. The van der Waals surface area contributed by atoms with Crippen LogP contribution in [0.15, 0.2) is 55.2 Å².